The van der Waals surface area contributed by atoms with Crippen LogP contribution in [0.1, 0.15) is 106 Å². The highest BCUT2D eigenvalue weighted by Crippen LogP contribution is 2.45. The van der Waals surface area contributed by atoms with Crippen LogP contribution in [0.3, 0.4) is 0 Å². The minimum absolute atomic E-state index is 0.0587. The Kier molecular flexibility index (Phi) is 11.5. The average molecular weight is 854 g/mol. The molecule has 6 aliphatic rings. The maximum Gasteiger partial charge on any atom is 0.251 e. The van der Waals surface area contributed by atoms with Gasteiger partial charge in [-0.2, -0.15) is 4.98 Å². The largest absolute Gasteiger partial charge is 0.495 e. The van der Waals surface area contributed by atoms with Crippen molar-refractivity contribution in [2.24, 2.45) is 11.3 Å². The van der Waals surface area contributed by atoms with Crippen molar-refractivity contribution < 1.29 is 32.7 Å². The summed E-state index contributed by atoms with van der Waals surface area (Å²) in [7, 11) is 3.36. The quantitative estimate of drug-likeness (QED) is 0.194. The first kappa shape index (κ1) is 41.9. The molecule has 1 aromatic heterocycles. The van der Waals surface area contributed by atoms with Crippen LogP contribution in [0.5, 0.6) is 5.75 Å². The van der Waals surface area contributed by atoms with Crippen LogP contribution in [0.2, 0.25) is 0 Å². The number of carbonyl (C=O) groups excluding carboxylic acids is 4. The third-order valence-electron chi connectivity index (χ3n) is 14.4. The van der Waals surface area contributed by atoms with Gasteiger partial charge in [-0.25, -0.2) is 13.8 Å². The molecule has 4 aliphatic heterocycles. The molecule has 1 unspecified atom stereocenters. The van der Waals surface area contributed by atoms with Crippen LogP contribution in [0.4, 0.5) is 37.6 Å². The summed E-state index contributed by atoms with van der Waals surface area (Å²) < 4.78 is 36.2. The lowest BCUT2D eigenvalue weighted by atomic mass is 9.67. The molecule has 1 spiro atoms. The zero-order chi connectivity index (χ0) is 43.3. The molecule has 2 saturated carbocycles. The van der Waals surface area contributed by atoms with Crippen LogP contribution in [-0.4, -0.2) is 104 Å². The number of likely N-dealkylation sites (tertiary alicyclic amines) is 1. The summed E-state index contributed by atoms with van der Waals surface area (Å²) in [5, 5.41) is 8.76. The summed E-state index contributed by atoms with van der Waals surface area (Å²) in [6.07, 6.45) is 11.7. The molecule has 9 rings (SSSR count). The highest BCUT2D eigenvalue weighted by Gasteiger charge is 2.46. The maximum absolute atomic E-state index is 15.2. The first-order chi connectivity index (χ1) is 29.9. The number of imide groups is 1. The number of carbonyl (C=O) groups is 4. The number of likely N-dealkylation sites (N-methyl/N-ethyl adjacent to an activating group) is 1. The van der Waals surface area contributed by atoms with Crippen molar-refractivity contribution in [2.45, 2.75) is 108 Å². The predicted octanol–water partition coefficient (Wildman–Crippen LogP) is 6.03. The van der Waals surface area contributed by atoms with Crippen LogP contribution < -0.4 is 35.4 Å². The molecule has 3 saturated heterocycles. The SMILES string of the molecule is CC[C@@H]1C(=O)N(C)c2cnc(Nc3ccc(C(=O)NC4CCC5(CC4)CN(C[C@@H]4CCN(c6cc(F)c(C7CCC(=O)NC7=O)c(F)c6)C4)C5)cc3OC)nc2N1C1CCCC1. The van der Waals surface area contributed by atoms with Gasteiger partial charge < -0.3 is 35.0 Å². The van der Waals surface area contributed by atoms with Gasteiger partial charge in [0, 0.05) is 75.1 Å². The number of hydrogen-bond donors (Lipinski definition) is 3. The number of nitrogens with zero attached hydrogens (tertiary/aromatic N) is 6. The molecule has 16 heteroatoms. The second-order valence-corrected chi connectivity index (χ2v) is 18.5. The number of benzene rings is 2. The minimum Gasteiger partial charge on any atom is -0.495 e. The second-order valence-electron chi connectivity index (χ2n) is 18.5. The van der Waals surface area contributed by atoms with E-state index in [-0.39, 0.29) is 53.8 Å². The number of rotatable bonds is 11. The fourth-order valence-electron chi connectivity index (χ4n) is 11.1. The van der Waals surface area contributed by atoms with Crippen LogP contribution in [0.15, 0.2) is 36.5 Å². The first-order valence-electron chi connectivity index (χ1n) is 22.4. The average Bonchev–Trinajstić information content (AvgIpc) is 3.96. The van der Waals surface area contributed by atoms with Crippen LogP contribution >= 0.6 is 0 Å². The number of aromatic nitrogens is 2. The topological polar surface area (TPSA) is 152 Å². The van der Waals surface area contributed by atoms with E-state index >= 15 is 8.78 Å². The first-order valence-corrected chi connectivity index (χ1v) is 22.4. The van der Waals surface area contributed by atoms with E-state index in [2.05, 4.69) is 30.7 Å². The van der Waals surface area contributed by atoms with Crippen molar-refractivity contribution in [1.82, 2.24) is 25.5 Å². The number of nitrogens with one attached hydrogen (secondary N) is 3. The maximum atomic E-state index is 15.2. The summed E-state index contributed by atoms with van der Waals surface area (Å²) in [5.41, 5.74) is 2.31. The molecular formula is C46H57F2N9O5. The zero-order valence-electron chi connectivity index (χ0n) is 35.9. The Bertz CT molecular complexity index is 2210. The molecule has 5 heterocycles. The van der Waals surface area contributed by atoms with Crippen molar-refractivity contribution in [2.75, 3.05) is 66.9 Å². The van der Waals surface area contributed by atoms with Gasteiger partial charge in [0.2, 0.25) is 23.7 Å². The van der Waals surface area contributed by atoms with Gasteiger partial charge in [-0.15, -0.1) is 0 Å². The van der Waals surface area contributed by atoms with E-state index < -0.39 is 29.4 Å². The van der Waals surface area contributed by atoms with Crippen molar-refractivity contribution in [3.63, 3.8) is 0 Å². The van der Waals surface area contributed by atoms with E-state index in [1.54, 1.807) is 37.4 Å². The Morgan fingerprint density at radius 3 is 2.44 bits per heavy atom. The van der Waals surface area contributed by atoms with E-state index in [4.69, 9.17) is 9.72 Å². The third-order valence-corrected chi connectivity index (χ3v) is 14.4. The third kappa shape index (κ3) is 8.06. The standard InChI is InChI=1S/C46H57F2N9O5/c1-4-36-44(61)54(2)37-22-49-45(53-41(37)57(36)30-7-5-6-8-30)51-35-11-9-28(19-38(35)62-3)42(59)50-29-13-16-46(17-14-29)25-55(26-46)23-27-15-18-56(24-27)31-20-33(47)40(34(48)21-31)32-10-12-39(58)52-43(32)60/h9,11,19-22,27,29-30,32,36H,4-8,10,12-18,23-26H2,1-3H3,(H,50,59)(H,49,51,53)(H,52,58,60)/t27-,32?,36+/m0/s1. The zero-order valence-corrected chi connectivity index (χ0v) is 35.9. The van der Waals surface area contributed by atoms with E-state index in [1.807, 2.05) is 17.9 Å². The summed E-state index contributed by atoms with van der Waals surface area (Å²) >= 11 is 0. The number of ether oxygens (including phenoxy) is 1. The van der Waals surface area contributed by atoms with Gasteiger partial charge in [0.15, 0.2) is 5.82 Å². The molecule has 4 amide bonds. The van der Waals surface area contributed by atoms with E-state index in [1.165, 1.54) is 12.1 Å². The van der Waals surface area contributed by atoms with E-state index in [0.717, 1.165) is 83.2 Å². The molecular weight excluding hydrogens is 797 g/mol. The lowest BCUT2D eigenvalue weighted by molar-refractivity contribution is -0.134. The van der Waals surface area contributed by atoms with Gasteiger partial charge in [0.1, 0.15) is 29.1 Å². The lowest BCUT2D eigenvalue weighted by Gasteiger charge is -2.54. The molecule has 14 nitrogen and oxygen atoms in total. The molecule has 0 bridgehead atoms. The van der Waals surface area contributed by atoms with Gasteiger partial charge in [0.05, 0.1) is 24.9 Å². The van der Waals surface area contributed by atoms with Gasteiger partial charge in [-0.3, -0.25) is 24.5 Å². The molecule has 62 heavy (non-hydrogen) atoms. The Labute approximate surface area is 361 Å². The van der Waals surface area contributed by atoms with Gasteiger partial charge in [-0.05, 0) is 99.5 Å². The van der Waals surface area contributed by atoms with Crippen molar-refractivity contribution in [1.29, 1.82) is 0 Å². The fourth-order valence-corrected chi connectivity index (χ4v) is 11.1. The molecule has 2 aromatic carbocycles. The van der Waals surface area contributed by atoms with Gasteiger partial charge in [0.25, 0.3) is 5.91 Å². The predicted molar refractivity (Wildman–Crippen MR) is 231 cm³/mol. The normalized spacial score (nSPS) is 24.3. The minimum atomic E-state index is -1.01. The van der Waals surface area contributed by atoms with Crippen LogP contribution in [-0.2, 0) is 14.4 Å². The number of halogens is 2. The highest BCUT2D eigenvalue weighted by atomic mass is 19.1. The van der Waals surface area contributed by atoms with Gasteiger partial charge in [-0.1, -0.05) is 19.8 Å². The van der Waals surface area contributed by atoms with Gasteiger partial charge >= 0.3 is 0 Å². The van der Waals surface area contributed by atoms with Crippen molar-refractivity contribution in [3.05, 3.63) is 59.3 Å². The molecule has 330 valence electrons. The number of amides is 4. The summed E-state index contributed by atoms with van der Waals surface area (Å²) in [6, 6.07) is 8.06. The molecule has 0 radical (unpaired) electrons. The van der Waals surface area contributed by atoms with E-state index in [9.17, 15) is 19.2 Å². The van der Waals surface area contributed by atoms with Crippen LogP contribution in [0.25, 0.3) is 0 Å². The Balaban J connectivity index is 0.754. The highest BCUT2D eigenvalue weighted by molar-refractivity contribution is 6.04. The summed E-state index contributed by atoms with van der Waals surface area (Å²) in [4.78, 5) is 68.6. The molecule has 3 aromatic rings. The molecule has 5 fully saturated rings. The monoisotopic (exact) mass is 853 g/mol. The Hall–Kier alpha value is -5.38. The molecule has 2 aliphatic carbocycles. The second kappa shape index (κ2) is 17.1. The fraction of sp³-hybridized carbons (Fsp3) is 0.565. The Morgan fingerprint density at radius 1 is 1.00 bits per heavy atom. The summed E-state index contributed by atoms with van der Waals surface area (Å²) in [6.45, 7) is 6.41. The Morgan fingerprint density at radius 2 is 1.74 bits per heavy atom. The number of methoxy groups -OCH3 is 1. The van der Waals surface area contributed by atoms with Crippen molar-refractivity contribution in [3.8, 4) is 5.75 Å². The van der Waals surface area contributed by atoms with Crippen LogP contribution in [0, 0.1) is 23.0 Å². The van der Waals surface area contributed by atoms with E-state index in [0.29, 0.717) is 59.8 Å². The van der Waals surface area contributed by atoms with Crippen molar-refractivity contribution >= 4 is 52.5 Å². The number of piperidine rings is 1. The lowest BCUT2D eigenvalue weighted by Crippen LogP contribution is -2.59. The number of fused-ring (bicyclic) bond motifs is 1. The smallest absolute Gasteiger partial charge is 0.251 e. The molecule has 3 N–H and O–H groups in total. The number of anilines is 5. The molecule has 3 atom stereocenters. The number of hydrogen-bond acceptors (Lipinski definition) is 11. The summed E-state index contributed by atoms with van der Waals surface area (Å²) in [5.74, 6) is -1.63.